The van der Waals surface area contributed by atoms with E-state index in [2.05, 4.69) is 10.1 Å². The van der Waals surface area contributed by atoms with Crippen molar-refractivity contribution in [3.63, 3.8) is 0 Å². The lowest BCUT2D eigenvalue weighted by Gasteiger charge is -2.16. The van der Waals surface area contributed by atoms with Crippen molar-refractivity contribution in [3.8, 4) is 0 Å². The van der Waals surface area contributed by atoms with E-state index >= 15 is 0 Å². The Bertz CT molecular complexity index is 574. The molecule has 1 rings (SSSR count). The molecule has 0 heterocycles. The van der Waals surface area contributed by atoms with Crippen molar-refractivity contribution in [1.29, 1.82) is 0 Å². The Balaban J connectivity index is 3.21. The fourth-order valence-corrected chi connectivity index (χ4v) is 3.56. The molecule has 2 N–H and O–H groups in total. The summed E-state index contributed by atoms with van der Waals surface area (Å²) < 4.78 is 24.4. The lowest BCUT2D eigenvalue weighted by Crippen LogP contribution is -2.36. The van der Waals surface area contributed by atoms with E-state index in [0.717, 1.165) is 0 Å². The van der Waals surface area contributed by atoms with Crippen molar-refractivity contribution in [3.05, 3.63) is 27.7 Å². The molecular weight excluding hydrogens is 321 g/mol. The Morgan fingerprint density at radius 1 is 1.25 bits per heavy atom. The summed E-state index contributed by atoms with van der Waals surface area (Å²) in [7, 11) is -0.581. The van der Waals surface area contributed by atoms with Gasteiger partial charge >= 0.3 is 0 Å². The Morgan fingerprint density at radius 3 is 2.35 bits per heavy atom. The highest BCUT2D eigenvalue weighted by molar-refractivity contribution is 7.89. The molecule has 114 valence electrons. The van der Waals surface area contributed by atoms with E-state index in [0.29, 0.717) is 17.1 Å². The van der Waals surface area contributed by atoms with Crippen LogP contribution in [0.2, 0.25) is 10.0 Å². The van der Waals surface area contributed by atoms with Crippen LogP contribution in [-0.4, -0.2) is 33.6 Å². The van der Waals surface area contributed by atoms with Crippen LogP contribution in [0.25, 0.3) is 0 Å². The van der Waals surface area contributed by atoms with Gasteiger partial charge in [-0.25, -0.2) is 13.4 Å². The number of halogens is 2. The second-order valence-corrected chi connectivity index (χ2v) is 7.35. The molecule has 0 atom stereocenters. The van der Waals surface area contributed by atoms with E-state index in [-0.39, 0.29) is 16.0 Å². The molecule has 0 radical (unpaired) electrons. The van der Waals surface area contributed by atoms with Crippen molar-refractivity contribution in [2.24, 2.45) is 0 Å². The molecule has 0 spiro atoms. The number of nitrogens with zero attached hydrogens (tertiary/aromatic N) is 1. The fourth-order valence-electron chi connectivity index (χ4n) is 1.55. The van der Waals surface area contributed by atoms with E-state index in [1.165, 1.54) is 11.1 Å². The minimum atomic E-state index is -3.74. The normalized spacial score (nSPS) is 12.4. The first-order valence-corrected chi connectivity index (χ1v) is 8.28. The Morgan fingerprint density at radius 2 is 1.85 bits per heavy atom. The van der Waals surface area contributed by atoms with Gasteiger partial charge in [0.15, 0.2) is 0 Å². The predicted molar refractivity (Wildman–Crippen MR) is 82.4 cm³/mol. The molecule has 8 heteroatoms. The van der Waals surface area contributed by atoms with Crippen LogP contribution >= 0.6 is 23.2 Å². The minimum Gasteiger partial charge on any atom is -0.310 e. The molecule has 0 saturated heterocycles. The molecule has 20 heavy (non-hydrogen) atoms. The number of nitrogens with one attached hydrogen (secondary N) is 2. The molecule has 0 aliphatic rings. The lowest BCUT2D eigenvalue weighted by atomic mass is 10.2. The largest absolute Gasteiger partial charge is 0.310 e. The zero-order valence-corrected chi connectivity index (χ0v) is 14.2. The maximum atomic E-state index is 12.2. The number of hydrogen-bond donors (Lipinski definition) is 2. The second-order valence-electron chi connectivity index (χ2n) is 4.90. The smallest absolute Gasteiger partial charge is 0.254 e. The van der Waals surface area contributed by atoms with E-state index in [1.54, 1.807) is 20.2 Å². The van der Waals surface area contributed by atoms with Gasteiger partial charge in [-0.05, 0) is 17.7 Å². The lowest BCUT2D eigenvalue weighted by molar-refractivity contribution is 0.364. The van der Waals surface area contributed by atoms with Crippen molar-refractivity contribution < 1.29 is 8.42 Å². The molecule has 0 aromatic heterocycles. The summed E-state index contributed by atoms with van der Waals surface area (Å²) >= 11 is 12.2. The third-order valence-corrected chi connectivity index (χ3v) is 4.66. The fraction of sp³-hybridized carbons (Fsp3) is 0.500. The number of benzene rings is 1. The van der Waals surface area contributed by atoms with E-state index in [9.17, 15) is 8.42 Å². The van der Waals surface area contributed by atoms with E-state index in [1.807, 2.05) is 13.8 Å². The molecule has 0 amide bonds. The maximum Gasteiger partial charge on any atom is 0.254 e. The van der Waals surface area contributed by atoms with Crippen LogP contribution in [0.5, 0.6) is 0 Å². The van der Waals surface area contributed by atoms with Crippen LogP contribution in [0.1, 0.15) is 19.4 Å². The topological polar surface area (TPSA) is 61.4 Å². The molecule has 5 nitrogen and oxygen atoms in total. The zero-order chi connectivity index (χ0) is 15.5. The highest BCUT2D eigenvalue weighted by Gasteiger charge is 2.21. The van der Waals surface area contributed by atoms with Gasteiger partial charge in [0.1, 0.15) is 4.90 Å². The second kappa shape index (κ2) is 7.06. The summed E-state index contributed by atoms with van der Waals surface area (Å²) in [6, 6.07) is 3.26. The average Bonchev–Trinajstić information content (AvgIpc) is 2.27. The first-order chi connectivity index (χ1) is 9.13. The van der Waals surface area contributed by atoms with Crippen molar-refractivity contribution in [1.82, 2.24) is 15.2 Å². The molecular formula is C12H19Cl2N3O2S. The number of sulfonamides is 1. The van der Waals surface area contributed by atoms with E-state index < -0.39 is 10.0 Å². The van der Waals surface area contributed by atoms with Gasteiger partial charge < -0.3 is 5.32 Å². The Kier molecular flexibility index (Phi) is 6.25. The summed E-state index contributed by atoms with van der Waals surface area (Å²) in [5, 5.41) is 5.02. The van der Waals surface area contributed by atoms with Crippen LogP contribution < -0.4 is 10.1 Å². The summed E-state index contributed by atoms with van der Waals surface area (Å²) in [6.45, 7) is 4.43. The average molecular weight is 340 g/mol. The van der Waals surface area contributed by atoms with Crippen LogP contribution in [-0.2, 0) is 16.6 Å². The van der Waals surface area contributed by atoms with Gasteiger partial charge in [0.25, 0.3) is 10.0 Å². The molecule has 0 aliphatic carbocycles. The molecule has 0 aliphatic heterocycles. The monoisotopic (exact) mass is 339 g/mol. The third kappa shape index (κ3) is 4.87. The third-order valence-electron chi connectivity index (χ3n) is 2.37. The Labute approximate surface area is 130 Å². The van der Waals surface area contributed by atoms with Gasteiger partial charge in [0, 0.05) is 31.7 Å². The van der Waals surface area contributed by atoms with Crippen LogP contribution in [0.3, 0.4) is 0 Å². The first kappa shape index (κ1) is 17.7. The summed E-state index contributed by atoms with van der Waals surface area (Å²) in [4.78, 5) is 2.31. The zero-order valence-electron chi connectivity index (χ0n) is 11.9. The standard InChI is InChI=1S/C12H19Cl2N3O2S/c1-8(2)15-7-9-5-10(13)6-11(12(9)14)20(18,19)16-17(3)4/h5-6,8,15-16H,7H2,1-4H3. The highest BCUT2D eigenvalue weighted by Crippen LogP contribution is 2.29. The Hall–Kier alpha value is -0.370. The predicted octanol–water partition coefficient (Wildman–Crippen LogP) is 2.25. The van der Waals surface area contributed by atoms with Gasteiger partial charge in [-0.1, -0.05) is 37.0 Å². The van der Waals surface area contributed by atoms with Crippen molar-refractivity contribution >= 4 is 33.2 Å². The van der Waals surface area contributed by atoms with Gasteiger partial charge in [-0.15, -0.1) is 4.83 Å². The highest BCUT2D eigenvalue weighted by atomic mass is 35.5. The van der Waals surface area contributed by atoms with Gasteiger partial charge in [0.05, 0.1) is 5.02 Å². The number of hydrogen-bond acceptors (Lipinski definition) is 4. The summed E-state index contributed by atoms with van der Waals surface area (Å²) in [6.07, 6.45) is 0. The maximum absolute atomic E-state index is 12.2. The van der Waals surface area contributed by atoms with Gasteiger partial charge in [-0.3, -0.25) is 0 Å². The first-order valence-electron chi connectivity index (χ1n) is 6.04. The van der Waals surface area contributed by atoms with E-state index in [4.69, 9.17) is 23.2 Å². The van der Waals surface area contributed by atoms with Crippen molar-refractivity contribution in [2.75, 3.05) is 14.1 Å². The quantitative estimate of drug-likeness (QED) is 0.780. The molecule has 0 unspecified atom stereocenters. The van der Waals surface area contributed by atoms with Crippen LogP contribution in [0.15, 0.2) is 17.0 Å². The van der Waals surface area contributed by atoms with Crippen LogP contribution in [0, 0.1) is 0 Å². The number of rotatable bonds is 6. The molecule has 1 aromatic rings. The van der Waals surface area contributed by atoms with Gasteiger partial charge in [0.2, 0.25) is 0 Å². The minimum absolute atomic E-state index is 0.0269. The molecule has 0 saturated carbocycles. The summed E-state index contributed by atoms with van der Waals surface area (Å²) in [5.74, 6) is 0. The number of hydrazine groups is 1. The summed E-state index contributed by atoms with van der Waals surface area (Å²) in [5.41, 5.74) is 0.645. The SMILES string of the molecule is CC(C)NCc1cc(Cl)cc(S(=O)(=O)NN(C)C)c1Cl. The molecule has 0 bridgehead atoms. The molecule has 0 fully saturated rings. The van der Waals surface area contributed by atoms with Gasteiger partial charge in [-0.2, -0.15) is 0 Å². The van der Waals surface area contributed by atoms with Crippen molar-refractivity contribution in [2.45, 2.75) is 31.3 Å². The van der Waals surface area contributed by atoms with Crippen LogP contribution in [0.4, 0.5) is 0 Å². The molecule has 1 aromatic carbocycles.